The van der Waals surface area contributed by atoms with Gasteiger partial charge in [-0.2, -0.15) is 0 Å². The Morgan fingerprint density at radius 2 is 2.07 bits per heavy atom. The fourth-order valence-electron chi connectivity index (χ4n) is 2.67. The van der Waals surface area contributed by atoms with E-state index in [-0.39, 0.29) is 5.92 Å². The van der Waals surface area contributed by atoms with Crippen LogP contribution in [0.1, 0.15) is 32.3 Å². The summed E-state index contributed by atoms with van der Waals surface area (Å²) in [4.78, 5) is 9.07. The molecule has 28 heavy (non-hydrogen) atoms. The van der Waals surface area contributed by atoms with Crippen molar-refractivity contribution in [3.05, 3.63) is 59.8 Å². The van der Waals surface area contributed by atoms with Crippen molar-refractivity contribution in [2.75, 3.05) is 5.32 Å². The summed E-state index contributed by atoms with van der Waals surface area (Å²) in [6.45, 7) is 4.10. The maximum Gasteiger partial charge on any atom is 0.132 e. The quantitative estimate of drug-likeness (QED) is 0.355. The van der Waals surface area contributed by atoms with Gasteiger partial charge in [-0.1, -0.05) is 13.8 Å². The number of rotatable bonds is 8. The first-order valence-corrected chi connectivity index (χ1v) is 9.40. The Bertz CT molecular complexity index is 952. The molecule has 0 atom stereocenters. The van der Waals surface area contributed by atoms with Crippen molar-refractivity contribution in [1.29, 1.82) is 5.41 Å². The van der Waals surface area contributed by atoms with E-state index < -0.39 is 0 Å². The van der Waals surface area contributed by atoms with Crippen LogP contribution in [0.2, 0.25) is 0 Å². The van der Waals surface area contributed by atoms with E-state index in [2.05, 4.69) is 34.4 Å². The van der Waals surface area contributed by atoms with E-state index in [1.54, 1.807) is 12.4 Å². The van der Waals surface area contributed by atoms with Crippen molar-refractivity contribution in [2.24, 2.45) is 17.4 Å². The van der Waals surface area contributed by atoms with Crippen molar-refractivity contribution in [2.45, 2.75) is 32.7 Å². The molecule has 0 bridgehead atoms. The highest BCUT2D eigenvalue weighted by molar-refractivity contribution is 6.08. The van der Waals surface area contributed by atoms with E-state index in [1.807, 2.05) is 30.5 Å². The maximum absolute atomic E-state index is 7.69. The average molecular weight is 377 g/mol. The van der Waals surface area contributed by atoms with E-state index in [1.165, 1.54) is 19.1 Å². The molecular weight excluding hydrogens is 350 g/mol. The van der Waals surface area contributed by atoms with Gasteiger partial charge in [0.25, 0.3) is 0 Å². The zero-order chi connectivity index (χ0) is 20.1. The van der Waals surface area contributed by atoms with Crippen molar-refractivity contribution in [3.8, 4) is 0 Å². The highest BCUT2D eigenvalue weighted by Gasteiger charge is 2.19. The molecule has 7 nitrogen and oxygen atoms in total. The highest BCUT2D eigenvalue weighted by atomic mass is 15.1. The fraction of sp³-hybridized carbons (Fsp3) is 0.286. The zero-order valence-electron chi connectivity index (χ0n) is 16.2. The second kappa shape index (κ2) is 8.56. The van der Waals surface area contributed by atoms with Crippen LogP contribution in [-0.4, -0.2) is 22.2 Å². The molecule has 0 amide bonds. The second-order valence-electron chi connectivity index (χ2n) is 7.19. The lowest BCUT2D eigenvalue weighted by Gasteiger charge is -2.10. The van der Waals surface area contributed by atoms with E-state index in [0.29, 0.717) is 17.7 Å². The van der Waals surface area contributed by atoms with Crippen LogP contribution in [0, 0.1) is 11.3 Å². The summed E-state index contributed by atoms with van der Waals surface area (Å²) in [5.74, 6) is 1.36. The number of hydrogen-bond donors (Lipinski definition) is 5. The van der Waals surface area contributed by atoms with Gasteiger partial charge in [0.15, 0.2) is 0 Å². The Morgan fingerprint density at radius 3 is 2.71 bits per heavy atom. The molecule has 3 rings (SSSR count). The smallest absolute Gasteiger partial charge is 0.132 e. The van der Waals surface area contributed by atoms with Crippen molar-refractivity contribution in [3.63, 3.8) is 0 Å². The van der Waals surface area contributed by atoms with Gasteiger partial charge in [0, 0.05) is 35.8 Å². The molecular formula is C21H27N7. The maximum atomic E-state index is 7.69. The molecule has 146 valence electrons. The summed E-state index contributed by atoms with van der Waals surface area (Å²) in [6, 6.07) is 6.18. The molecule has 1 saturated carbocycles. The molecule has 7 heteroatoms. The van der Waals surface area contributed by atoms with Gasteiger partial charge < -0.3 is 27.5 Å². The number of anilines is 1. The Hall–Kier alpha value is -3.35. The van der Waals surface area contributed by atoms with Crippen LogP contribution >= 0.6 is 0 Å². The van der Waals surface area contributed by atoms with Crippen molar-refractivity contribution in [1.82, 2.24) is 15.3 Å². The van der Waals surface area contributed by atoms with E-state index in [4.69, 9.17) is 16.9 Å². The SMILES string of the molecule is CC(C)C(=C/N)/C=C(\N)Nc1ccc2ncc(/C(C=N)=C/NC3CC3)cc2n1. The van der Waals surface area contributed by atoms with Crippen LogP contribution in [0.3, 0.4) is 0 Å². The molecule has 0 unspecified atom stereocenters. The first-order valence-electron chi connectivity index (χ1n) is 9.40. The Kier molecular flexibility index (Phi) is 5.93. The third kappa shape index (κ3) is 4.88. The lowest BCUT2D eigenvalue weighted by molar-refractivity contribution is 0.786. The summed E-state index contributed by atoms with van der Waals surface area (Å²) in [6.07, 6.45) is 10.7. The number of fused-ring (bicyclic) bond motifs is 1. The number of nitrogens with two attached hydrogens (primary N) is 2. The van der Waals surface area contributed by atoms with E-state index in [9.17, 15) is 0 Å². The number of aromatic nitrogens is 2. The molecule has 1 fully saturated rings. The van der Waals surface area contributed by atoms with Gasteiger partial charge in [0.2, 0.25) is 0 Å². The van der Waals surface area contributed by atoms with Gasteiger partial charge >= 0.3 is 0 Å². The van der Waals surface area contributed by atoms with Crippen LogP contribution in [-0.2, 0) is 0 Å². The van der Waals surface area contributed by atoms with Gasteiger partial charge in [0.1, 0.15) is 11.6 Å². The summed E-state index contributed by atoms with van der Waals surface area (Å²) in [5, 5.41) is 14.1. The third-order valence-electron chi connectivity index (χ3n) is 4.53. The van der Waals surface area contributed by atoms with E-state index >= 15 is 0 Å². The third-order valence-corrected chi connectivity index (χ3v) is 4.53. The normalized spacial score (nSPS) is 15.8. The predicted molar refractivity (Wildman–Crippen MR) is 115 cm³/mol. The summed E-state index contributed by atoms with van der Waals surface area (Å²) in [7, 11) is 0. The molecule has 7 N–H and O–H groups in total. The Labute approximate surface area is 165 Å². The second-order valence-corrected chi connectivity index (χ2v) is 7.19. The molecule has 0 aromatic carbocycles. The minimum atomic E-state index is 0.275. The molecule has 1 aliphatic carbocycles. The van der Waals surface area contributed by atoms with Crippen LogP contribution in [0.4, 0.5) is 5.82 Å². The summed E-state index contributed by atoms with van der Waals surface area (Å²) in [5.41, 5.74) is 15.8. The minimum Gasteiger partial charge on any atom is -0.404 e. The molecule has 0 radical (unpaired) electrons. The topological polar surface area (TPSA) is 126 Å². The number of hydrogen-bond acceptors (Lipinski definition) is 7. The number of allylic oxidation sites excluding steroid dienone is 3. The van der Waals surface area contributed by atoms with Crippen LogP contribution in [0.15, 0.2) is 54.3 Å². The van der Waals surface area contributed by atoms with Gasteiger partial charge in [-0.3, -0.25) is 4.98 Å². The molecule has 0 spiro atoms. The first-order chi connectivity index (χ1) is 13.5. The minimum absolute atomic E-state index is 0.275. The Morgan fingerprint density at radius 1 is 1.29 bits per heavy atom. The molecule has 2 aromatic heterocycles. The monoisotopic (exact) mass is 377 g/mol. The standard InChI is InChI=1S/C21H27N7/c1-13(2)14(9-22)8-20(24)28-21-6-5-18-19(27-21)7-15(11-26-18)16(10-23)12-25-17-3-4-17/h5-13,17,23,25H,3-4,22,24H2,1-2H3,(H,27,28)/b14-9+,16-12+,20-8+,23-10?. The van der Waals surface area contributed by atoms with E-state index in [0.717, 1.165) is 27.7 Å². The van der Waals surface area contributed by atoms with Gasteiger partial charge in [-0.05, 0) is 54.8 Å². The van der Waals surface area contributed by atoms with Crippen molar-refractivity contribution >= 4 is 28.6 Å². The number of pyridine rings is 2. The predicted octanol–water partition coefficient (Wildman–Crippen LogP) is 3.08. The van der Waals surface area contributed by atoms with Gasteiger partial charge in [-0.15, -0.1) is 0 Å². The number of nitrogens with one attached hydrogen (secondary N) is 3. The number of nitrogens with zero attached hydrogens (tertiary/aromatic N) is 2. The molecule has 0 saturated heterocycles. The van der Waals surface area contributed by atoms with Crippen LogP contribution in [0.5, 0.6) is 0 Å². The Balaban J connectivity index is 1.84. The van der Waals surface area contributed by atoms with Crippen LogP contribution in [0.25, 0.3) is 16.6 Å². The van der Waals surface area contributed by atoms with Crippen LogP contribution < -0.4 is 22.1 Å². The first kappa shape index (κ1) is 19.4. The lowest BCUT2D eigenvalue weighted by Crippen LogP contribution is -2.12. The molecule has 2 aromatic rings. The molecule has 0 aliphatic heterocycles. The van der Waals surface area contributed by atoms with Crippen molar-refractivity contribution < 1.29 is 0 Å². The summed E-state index contributed by atoms with van der Waals surface area (Å²) >= 11 is 0. The highest BCUT2D eigenvalue weighted by Crippen LogP contribution is 2.22. The van der Waals surface area contributed by atoms with Gasteiger partial charge in [0.05, 0.1) is 11.0 Å². The lowest BCUT2D eigenvalue weighted by atomic mass is 10.0. The molecule has 1 aliphatic rings. The zero-order valence-corrected chi connectivity index (χ0v) is 16.2. The summed E-state index contributed by atoms with van der Waals surface area (Å²) < 4.78 is 0. The average Bonchev–Trinajstić information content (AvgIpc) is 3.50. The van der Waals surface area contributed by atoms with Gasteiger partial charge in [-0.25, -0.2) is 4.98 Å². The molecule has 2 heterocycles. The fourth-order valence-corrected chi connectivity index (χ4v) is 2.67. The largest absolute Gasteiger partial charge is 0.404 e.